The van der Waals surface area contributed by atoms with E-state index < -0.39 is 5.97 Å². The lowest BCUT2D eigenvalue weighted by Gasteiger charge is -2.06. The minimum atomic E-state index is -0.540. The highest BCUT2D eigenvalue weighted by molar-refractivity contribution is 9.10. The zero-order valence-corrected chi connectivity index (χ0v) is 10.7. The highest BCUT2D eigenvalue weighted by Gasteiger charge is 2.16. The molecule has 0 spiro atoms. The van der Waals surface area contributed by atoms with Crippen LogP contribution >= 0.6 is 15.9 Å². The number of aromatic amines is 1. The van der Waals surface area contributed by atoms with Crippen molar-refractivity contribution >= 4 is 32.8 Å². The van der Waals surface area contributed by atoms with Crippen molar-refractivity contribution in [1.29, 1.82) is 0 Å². The fourth-order valence-corrected chi connectivity index (χ4v) is 2.03. The highest BCUT2D eigenvalue weighted by Crippen LogP contribution is 2.16. The number of esters is 1. The largest absolute Gasteiger partial charge is 0.461 e. The molecule has 2 rings (SSSR count). The number of carbonyl (C=O) groups excluding carboxylic acids is 1. The Bertz CT molecular complexity index is 633. The van der Waals surface area contributed by atoms with Crippen LogP contribution in [0.15, 0.2) is 33.5 Å². The fourth-order valence-electron chi connectivity index (χ4n) is 1.56. The van der Waals surface area contributed by atoms with Gasteiger partial charge in [0.25, 0.3) is 0 Å². The summed E-state index contributed by atoms with van der Waals surface area (Å²) in [6.07, 6.45) is 0. The molecule has 1 N–H and O–H groups in total. The third-order valence-electron chi connectivity index (χ3n) is 2.33. The average Bonchev–Trinajstić information content (AvgIpc) is 2.34. The van der Waals surface area contributed by atoms with Crippen molar-refractivity contribution in [3.63, 3.8) is 0 Å². The molecule has 4 nitrogen and oxygen atoms in total. The van der Waals surface area contributed by atoms with Crippen molar-refractivity contribution in [2.75, 3.05) is 6.61 Å². The molecule has 0 saturated carbocycles. The first kappa shape index (κ1) is 11.9. The zero-order valence-electron chi connectivity index (χ0n) is 9.12. The van der Waals surface area contributed by atoms with Crippen LogP contribution in [0.3, 0.4) is 0 Å². The van der Waals surface area contributed by atoms with E-state index in [1.807, 2.05) is 0 Å². The maximum atomic E-state index is 12.0. The van der Waals surface area contributed by atoms with Crippen LogP contribution < -0.4 is 5.43 Å². The molecule has 0 aliphatic rings. The lowest BCUT2D eigenvalue weighted by Crippen LogP contribution is -2.15. The summed E-state index contributed by atoms with van der Waals surface area (Å²) in [6.45, 7) is 1.98. The number of hydrogen-bond donors (Lipinski definition) is 1. The van der Waals surface area contributed by atoms with Crippen LogP contribution in [0.5, 0.6) is 0 Å². The monoisotopic (exact) mass is 295 g/mol. The summed E-state index contributed by atoms with van der Waals surface area (Å²) < 4.78 is 5.08. The molecule has 0 unspecified atom stereocenters. The maximum Gasteiger partial charge on any atom is 0.356 e. The van der Waals surface area contributed by atoms with E-state index in [0.29, 0.717) is 10.9 Å². The Labute approximate surface area is 106 Å². The molecule has 0 amide bonds. The molecule has 0 saturated heterocycles. The standard InChI is InChI=1S/C12H10BrNO3/c1-2-17-12(16)10-9(13)11(15)7-5-3-4-6-8(7)14-10/h3-6H,2H2,1H3,(H,14,15). The molecule has 0 atom stereocenters. The number of rotatable bonds is 2. The van der Waals surface area contributed by atoms with E-state index in [0.717, 1.165) is 0 Å². The summed E-state index contributed by atoms with van der Waals surface area (Å²) in [5, 5.41) is 0.535. The number of para-hydroxylation sites is 1. The molecule has 2 aromatic rings. The van der Waals surface area contributed by atoms with E-state index in [-0.39, 0.29) is 22.2 Å². The lowest BCUT2D eigenvalue weighted by molar-refractivity contribution is 0.0518. The number of carbonyl (C=O) groups is 1. The first-order valence-electron chi connectivity index (χ1n) is 5.12. The van der Waals surface area contributed by atoms with Crippen molar-refractivity contribution < 1.29 is 9.53 Å². The number of ether oxygens (including phenoxy) is 1. The van der Waals surface area contributed by atoms with Gasteiger partial charge in [0.2, 0.25) is 5.43 Å². The van der Waals surface area contributed by atoms with E-state index in [1.165, 1.54) is 0 Å². The smallest absolute Gasteiger partial charge is 0.356 e. The Balaban J connectivity index is 2.70. The number of aromatic nitrogens is 1. The van der Waals surface area contributed by atoms with Crippen molar-refractivity contribution in [3.8, 4) is 0 Å². The van der Waals surface area contributed by atoms with Gasteiger partial charge in [0.1, 0.15) is 5.69 Å². The van der Waals surface area contributed by atoms with Gasteiger partial charge < -0.3 is 9.72 Å². The lowest BCUT2D eigenvalue weighted by atomic mass is 10.2. The molecule has 0 aliphatic heterocycles. The minimum Gasteiger partial charge on any atom is -0.461 e. The van der Waals surface area contributed by atoms with E-state index in [1.54, 1.807) is 31.2 Å². The maximum absolute atomic E-state index is 12.0. The molecular weight excluding hydrogens is 286 g/mol. The van der Waals surface area contributed by atoms with Crippen LogP contribution in [0.25, 0.3) is 10.9 Å². The molecule has 1 heterocycles. The van der Waals surface area contributed by atoms with Crippen molar-refractivity contribution in [2.24, 2.45) is 0 Å². The van der Waals surface area contributed by atoms with Gasteiger partial charge in [-0.05, 0) is 35.0 Å². The summed E-state index contributed by atoms with van der Waals surface area (Å²) in [5.41, 5.74) is 0.543. The Morgan fingerprint density at radius 2 is 2.12 bits per heavy atom. The van der Waals surface area contributed by atoms with Gasteiger partial charge in [-0.2, -0.15) is 0 Å². The van der Waals surface area contributed by atoms with Crippen molar-refractivity contribution in [1.82, 2.24) is 4.98 Å². The minimum absolute atomic E-state index is 0.149. The second kappa shape index (κ2) is 4.71. The number of fused-ring (bicyclic) bond motifs is 1. The van der Waals surface area contributed by atoms with Gasteiger partial charge in [-0.1, -0.05) is 12.1 Å². The van der Waals surface area contributed by atoms with Crippen LogP contribution in [-0.2, 0) is 4.74 Å². The van der Waals surface area contributed by atoms with Crippen molar-refractivity contribution in [2.45, 2.75) is 6.92 Å². The second-order valence-corrected chi connectivity index (χ2v) is 4.20. The number of pyridine rings is 1. The molecule has 1 aromatic carbocycles. The van der Waals surface area contributed by atoms with Crippen LogP contribution in [0.2, 0.25) is 0 Å². The molecule has 0 radical (unpaired) electrons. The summed E-state index contributed by atoms with van der Waals surface area (Å²) in [6, 6.07) is 7.01. The summed E-state index contributed by atoms with van der Waals surface area (Å²) in [5.74, 6) is -0.540. The number of halogens is 1. The summed E-state index contributed by atoms with van der Waals surface area (Å²) >= 11 is 3.13. The van der Waals surface area contributed by atoms with Gasteiger partial charge in [0.05, 0.1) is 11.1 Å². The third kappa shape index (κ3) is 2.10. The Hall–Kier alpha value is -1.62. The Morgan fingerprint density at radius 1 is 1.41 bits per heavy atom. The predicted molar refractivity (Wildman–Crippen MR) is 68.2 cm³/mol. The third-order valence-corrected chi connectivity index (χ3v) is 3.09. The van der Waals surface area contributed by atoms with Gasteiger partial charge in [-0.15, -0.1) is 0 Å². The van der Waals surface area contributed by atoms with Gasteiger partial charge in [0.15, 0.2) is 0 Å². The molecule has 0 aliphatic carbocycles. The van der Waals surface area contributed by atoms with E-state index >= 15 is 0 Å². The number of H-pyrrole nitrogens is 1. The molecule has 1 aromatic heterocycles. The Kier molecular flexibility index (Phi) is 3.28. The normalized spacial score (nSPS) is 10.5. The van der Waals surface area contributed by atoms with Gasteiger partial charge in [-0.25, -0.2) is 4.79 Å². The number of nitrogens with one attached hydrogen (secondary N) is 1. The SMILES string of the molecule is CCOC(=O)c1[nH]c2ccccc2c(=O)c1Br. The van der Waals surface area contributed by atoms with E-state index in [2.05, 4.69) is 20.9 Å². The molecule has 17 heavy (non-hydrogen) atoms. The number of hydrogen-bond acceptors (Lipinski definition) is 3. The molecular formula is C12H10BrNO3. The van der Waals surface area contributed by atoms with Gasteiger partial charge in [0, 0.05) is 10.9 Å². The van der Waals surface area contributed by atoms with E-state index in [9.17, 15) is 9.59 Å². The first-order valence-corrected chi connectivity index (χ1v) is 5.92. The molecule has 88 valence electrons. The summed E-state index contributed by atoms with van der Waals surface area (Å²) in [7, 11) is 0. The van der Waals surface area contributed by atoms with Gasteiger partial charge >= 0.3 is 5.97 Å². The topological polar surface area (TPSA) is 59.2 Å². The van der Waals surface area contributed by atoms with Gasteiger partial charge in [-0.3, -0.25) is 4.79 Å². The summed E-state index contributed by atoms with van der Waals surface area (Å²) in [4.78, 5) is 26.5. The van der Waals surface area contributed by atoms with Crippen LogP contribution in [0.4, 0.5) is 0 Å². The number of benzene rings is 1. The highest BCUT2D eigenvalue weighted by atomic mass is 79.9. The zero-order chi connectivity index (χ0) is 12.4. The second-order valence-electron chi connectivity index (χ2n) is 3.41. The predicted octanol–water partition coefficient (Wildman–Crippen LogP) is 2.47. The van der Waals surface area contributed by atoms with Crippen LogP contribution in [0.1, 0.15) is 17.4 Å². The molecule has 0 bridgehead atoms. The van der Waals surface area contributed by atoms with E-state index in [4.69, 9.17) is 4.74 Å². The fraction of sp³-hybridized carbons (Fsp3) is 0.167. The molecule has 0 fully saturated rings. The Morgan fingerprint density at radius 3 is 2.82 bits per heavy atom. The van der Waals surface area contributed by atoms with Crippen LogP contribution in [0, 0.1) is 0 Å². The van der Waals surface area contributed by atoms with Crippen LogP contribution in [-0.4, -0.2) is 17.6 Å². The molecule has 5 heteroatoms. The quantitative estimate of drug-likeness (QED) is 0.866. The first-order chi connectivity index (χ1) is 8.15. The van der Waals surface area contributed by atoms with Crippen molar-refractivity contribution in [3.05, 3.63) is 44.7 Å². The average molecular weight is 296 g/mol.